The summed E-state index contributed by atoms with van der Waals surface area (Å²) in [5, 5.41) is 2.76. The van der Waals surface area contributed by atoms with Gasteiger partial charge in [0.05, 0.1) is 0 Å². The number of nitrogens with one attached hydrogen (secondary N) is 1. The minimum atomic E-state index is -3.84. The second-order valence-corrected chi connectivity index (χ2v) is 5.14. The van der Waals surface area contributed by atoms with Gasteiger partial charge in [0.1, 0.15) is 5.88 Å². The van der Waals surface area contributed by atoms with Gasteiger partial charge < -0.3 is 5.32 Å². The summed E-state index contributed by atoms with van der Waals surface area (Å²) in [6.07, 6.45) is 6.15. The molecule has 0 spiro atoms. The Morgan fingerprint density at radius 1 is 1.23 bits per heavy atom. The molecule has 0 unspecified atom stereocenters. The van der Waals surface area contributed by atoms with Crippen LogP contribution in [0.25, 0.3) is 0 Å². The molecule has 13 heavy (non-hydrogen) atoms. The van der Waals surface area contributed by atoms with E-state index in [1.807, 2.05) is 0 Å². The van der Waals surface area contributed by atoms with Crippen molar-refractivity contribution in [2.75, 3.05) is 12.4 Å². The Bertz CT molecular complexity index is 232. The van der Waals surface area contributed by atoms with E-state index in [0.29, 0.717) is 12.5 Å². The van der Waals surface area contributed by atoms with E-state index in [0.717, 1.165) is 0 Å². The maximum absolute atomic E-state index is 10.4. The van der Waals surface area contributed by atoms with Crippen molar-refractivity contribution in [1.82, 2.24) is 5.32 Å². The number of hydrogen-bond donors (Lipinski definition) is 2. The zero-order valence-corrected chi connectivity index (χ0v) is 8.52. The van der Waals surface area contributed by atoms with Crippen LogP contribution in [0.4, 0.5) is 0 Å². The standard InChI is InChI=1S/C8H17NO3S/c10-13(11,12)7-9-6-8-4-2-1-3-5-8/h8-9H,1-7H2,(H,10,11,12). The SMILES string of the molecule is O=S(=O)(O)CNCC1CCCCC1. The lowest BCUT2D eigenvalue weighted by Gasteiger charge is -2.21. The van der Waals surface area contributed by atoms with Crippen LogP contribution in [0, 0.1) is 5.92 Å². The molecule has 1 aliphatic rings. The largest absolute Gasteiger partial charge is 0.301 e. The summed E-state index contributed by atoms with van der Waals surface area (Å²) in [5.41, 5.74) is 0. The van der Waals surface area contributed by atoms with Crippen LogP contribution in [0.2, 0.25) is 0 Å². The molecule has 1 rings (SSSR count). The molecule has 0 amide bonds. The minimum absolute atomic E-state index is 0.316. The predicted molar refractivity (Wildman–Crippen MR) is 51.0 cm³/mol. The Labute approximate surface area is 79.5 Å². The third-order valence-electron chi connectivity index (χ3n) is 2.44. The fraction of sp³-hybridized carbons (Fsp3) is 1.00. The number of hydrogen-bond acceptors (Lipinski definition) is 3. The molecular formula is C8H17NO3S. The minimum Gasteiger partial charge on any atom is -0.301 e. The van der Waals surface area contributed by atoms with Gasteiger partial charge in [0.2, 0.25) is 0 Å². The Balaban J connectivity index is 2.11. The first-order valence-electron chi connectivity index (χ1n) is 4.74. The summed E-state index contributed by atoms with van der Waals surface area (Å²) >= 11 is 0. The summed E-state index contributed by atoms with van der Waals surface area (Å²) in [7, 11) is -3.84. The zero-order chi connectivity index (χ0) is 9.73. The van der Waals surface area contributed by atoms with Crippen LogP contribution in [-0.2, 0) is 10.1 Å². The molecule has 0 radical (unpaired) electrons. The van der Waals surface area contributed by atoms with E-state index in [-0.39, 0.29) is 5.88 Å². The molecule has 1 fully saturated rings. The lowest BCUT2D eigenvalue weighted by atomic mass is 9.89. The van der Waals surface area contributed by atoms with Crippen LogP contribution < -0.4 is 5.32 Å². The van der Waals surface area contributed by atoms with Gasteiger partial charge in [-0.05, 0) is 25.3 Å². The van der Waals surface area contributed by atoms with Gasteiger partial charge in [-0.3, -0.25) is 4.55 Å². The van der Waals surface area contributed by atoms with Gasteiger partial charge in [-0.1, -0.05) is 19.3 Å². The first-order chi connectivity index (χ1) is 6.08. The van der Waals surface area contributed by atoms with E-state index in [9.17, 15) is 8.42 Å². The molecule has 4 nitrogen and oxygen atoms in total. The van der Waals surface area contributed by atoms with Gasteiger partial charge in [0.25, 0.3) is 10.1 Å². The first kappa shape index (κ1) is 10.9. The highest BCUT2D eigenvalue weighted by atomic mass is 32.2. The summed E-state index contributed by atoms with van der Waals surface area (Å²) in [4.78, 5) is 0. The van der Waals surface area contributed by atoms with E-state index >= 15 is 0 Å². The smallest absolute Gasteiger partial charge is 0.278 e. The van der Waals surface area contributed by atoms with Crippen LogP contribution >= 0.6 is 0 Å². The molecule has 0 aromatic carbocycles. The van der Waals surface area contributed by atoms with Crippen LogP contribution in [0.1, 0.15) is 32.1 Å². The fourth-order valence-electron chi connectivity index (χ4n) is 1.78. The van der Waals surface area contributed by atoms with Gasteiger partial charge in [-0.15, -0.1) is 0 Å². The van der Waals surface area contributed by atoms with Gasteiger partial charge >= 0.3 is 0 Å². The molecule has 0 atom stereocenters. The van der Waals surface area contributed by atoms with E-state index in [4.69, 9.17) is 4.55 Å². The Hall–Kier alpha value is -0.130. The lowest BCUT2D eigenvalue weighted by Crippen LogP contribution is -2.29. The molecule has 0 aromatic rings. The fourth-order valence-corrected chi connectivity index (χ4v) is 2.16. The molecular weight excluding hydrogens is 190 g/mol. The molecule has 1 aliphatic carbocycles. The Kier molecular flexibility index (Phi) is 4.15. The average molecular weight is 207 g/mol. The quantitative estimate of drug-likeness (QED) is 0.675. The summed E-state index contributed by atoms with van der Waals surface area (Å²) in [5.74, 6) is 0.277. The molecule has 1 saturated carbocycles. The van der Waals surface area contributed by atoms with Crippen molar-refractivity contribution in [3.05, 3.63) is 0 Å². The highest BCUT2D eigenvalue weighted by Crippen LogP contribution is 2.22. The maximum atomic E-state index is 10.4. The highest BCUT2D eigenvalue weighted by Gasteiger charge is 2.13. The lowest BCUT2D eigenvalue weighted by molar-refractivity contribution is 0.346. The van der Waals surface area contributed by atoms with Crippen molar-refractivity contribution in [2.24, 2.45) is 5.92 Å². The molecule has 0 aliphatic heterocycles. The van der Waals surface area contributed by atoms with Crippen LogP contribution in [0.5, 0.6) is 0 Å². The van der Waals surface area contributed by atoms with E-state index in [1.165, 1.54) is 32.1 Å². The molecule has 0 saturated heterocycles. The predicted octanol–water partition coefficient (Wildman–Crippen LogP) is 1.00. The molecule has 0 bridgehead atoms. The third-order valence-corrected chi connectivity index (χ3v) is 3.01. The second kappa shape index (κ2) is 4.93. The highest BCUT2D eigenvalue weighted by molar-refractivity contribution is 7.85. The molecule has 5 heteroatoms. The van der Waals surface area contributed by atoms with Crippen LogP contribution in [0.3, 0.4) is 0 Å². The van der Waals surface area contributed by atoms with Crippen LogP contribution in [0.15, 0.2) is 0 Å². The van der Waals surface area contributed by atoms with E-state index in [2.05, 4.69) is 5.32 Å². The van der Waals surface area contributed by atoms with Gasteiger partial charge in [0, 0.05) is 0 Å². The Morgan fingerprint density at radius 3 is 2.38 bits per heavy atom. The topological polar surface area (TPSA) is 66.4 Å². The van der Waals surface area contributed by atoms with Crippen molar-refractivity contribution >= 4 is 10.1 Å². The average Bonchev–Trinajstić information content (AvgIpc) is 2.04. The van der Waals surface area contributed by atoms with E-state index in [1.54, 1.807) is 0 Å². The van der Waals surface area contributed by atoms with Gasteiger partial charge in [-0.25, -0.2) is 0 Å². The Morgan fingerprint density at radius 2 is 1.85 bits per heavy atom. The van der Waals surface area contributed by atoms with Crippen LogP contribution in [-0.4, -0.2) is 25.4 Å². The van der Waals surface area contributed by atoms with Gasteiger partial charge in [0.15, 0.2) is 0 Å². The molecule has 0 heterocycles. The normalized spacial score (nSPS) is 20.4. The summed E-state index contributed by atoms with van der Waals surface area (Å²) in [6, 6.07) is 0. The van der Waals surface area contributed by atoms with Crippen molar-refractivity contribution in [1.29, 1.82) is 0 Å². The zero-order valence-electron chi connectivity index (χ0n) is 7.70. The van der Waals surface area contributed by atoms with Crippen molar-refractivity contribution in [3.63, 3.8) is 0 Å². The van der Waals surface area contributed by atoms with Crippen molar-refractivity contribution in [2.45, 2.75) is 32.1 Å². The summed E-state index contributed by atoms with van der Waals surface area (Å²) in [6.45, 7) is 0.708. The van der Waals surface area contributed by atoms with Crippen molar-refractivity contribution in [3.8, 4) is 0 Å². The molecule has 0 aromatic heterocycles. The monoisotopic (exact) mass is 207 g/mol. The first-order valence-corrected chi connectivity index (χ1v) is 6.35. The summed E-state index contributed by atoms with van der Waals surface area (Å²) < 4.78 is 29.2. The molecule has 2 N–H and O–H groups in total. The third kappa shape index (κ3) is 5.23. The maximum Gasteiger partial charge on any atom is 0.278 e. The number of rotatable bonds is 4. The van der Waals surface area contributed by atoms with Gasteiger partial charge in [-0.2, -0.15) is 8.42 Å². The molecule has 78 valence electrons. The second-order valence-electron chi connectivity index (χ2n) is 3.68. The van der Waals surface area contributed by atoms with E-state index < -0.39 is 10.1 Å². The van der Waals surface area contributed by atoms with Crippen molar-refractivity contribution < 1.29 is 13.0 Å².